The third kappa shape index (κ3) is 5.56. The molecule has 1 aromatic heterocycles. The number of carbonyl (C=O) groups is 1. The summed E-state index contributed by atoms with van der Waals surface area (Å²) in [6.45, 7) is 9.79. The number of ether oxygens (including phenoxy) is 1. The molecule has 0 saturated carbocycles. The predicted molar refractivity (Wildman–Crippen MR) is 167 cm³/mol. The van der Waals surface area contributed by atoms with Crippen LogP contribution in [0.1, 0.15) is 43.5 Å². The van der Waals surface area contributed by atoms with Crippen molar-refractivity contribution in [2.24, 2.45) is 0 Å². The minimum Gasteiger partial charge on any atom is -0.475 e. The zero-order valence-electron chi connectivity index (χ0n) is 25.8. The highest BCUT2D eigenvalue weighted by molar-refractivity contribution is 5.95. The van der Waals surface area contributed by atoms with Crippen molar-refractivity contribution in [3.05, 3.63) is 71.2 Å². The van der Waals surface area contributed by atoms with Crippen molar-refractivity contribution < 1.29 is 22.7 Å². The summed E-state index contributed by atoms with van der Waals surface area (Å²) in [5.74, 6) is -3.29. The lowest BCUT2D eigenvalue weighted by Crippen LogP contribution is -2.59. The van der Waals surface area contributed by atoms with Crippen LogP contribution >= 0.6 is 0 Å². The van der Waals surface area contributed by atoms with E-state index >= 15 is 4.39 Å². The average Bonchev–Trinajstić information content (AvgIpc) is 3.44. The molecule has 0 aliphatic carbocycles. The molecule has 0 radical (unpaired) electrons. The Balaban J connectivity index is 1.41. The smallest absolute Gasteiger partial charge is 0.282 e. The maximum absolute atomic E-state index is 15.1. The van der Waals surface area contributed by atoms with E-state index in [0.29, 0.717) is 67.2 Å². The van der Waals surface area contributed by atoms with E-state index in [1.54, 1.807) is 18.2 Å². The van der Waals surface area contributed by atoms with Crippen molar-refractivity contribution >= 4 is 28.1 Å². The molecule has 1 amide bonds. The Morgan fingerprint density at radius 1 is 1.13 bits per heavy atom. The van der Waals surface area contributed by atoms with Crippen LogP contribution in [0.25, 0.3) is 10.8 Å². The fraction of sp³-hybridized carbons (Fsp3) is 0.441. The standard InChI is InChI=1S/C34H37F3N6O2/c1-20-16-42(17-21(2)43(20)34(44)22(3)35)32-25-12-14-41(29-9-5-7-23-10-11-27(36)31(37)30(23)29)18-28(25)39-33(26(32)15-38)45-19-24-8-6-13-40(24)4/h5,7,9-11,20-21,24H,3,6,8,12-14,16-19H2,1-2,4H3/t20-,21+,24?. The highest BCUT2D eigenvalue weighted by atomic mass is 19.2. The molecule has 3 aromatic rings. The number of anilines is 2. The number of piperazine rings is 1. The number of fused-ring (bicyclic) bond motifs is 2. The molecule has 0 N–H and O–H groups in total. The maximum atomic E-state index is 15.1. The number of nitriles is 1. The molecule has 0 bridgehead atoms. The second-order valence-corrected chi connectivity index (χ2v) is 12.4. The van der Waals surface area contributed by atoms with Crippen LogP contribution in [0.15, 0.2) is 42.7 Å². The number of hydrogen-bond acceptors (Lipinski definition) is 7. The molecule has 11 heteroatoms. The van der Waals surface area contributed by atoms with E-state index in [4.69, 9.17) is 9.72 Å². The van der Waals surface area contributed by atoms with Crippen LogP contribution in [0.4, 0.5) is 24.5 Å². The van der Waals surface area contributed by atoms with Gasteiger partial charge in [0.15, 0.2) is 17.5 Å². The molecular weight excluding hydrogens is 581 g/mol. The quantitative estimate of drug-likeness (QED) is 0.346. The largest absolute Gasteiger partial charge is 0.475 e. The summed E-state index contributed by atoms with van der Waals surface area (Å²) in [6.07, 6.45) is 2.55. The lowest BCUT2D eigenvalue weighted by Gasteiger charge is -2.46. The zero-order valence-corrected chi connectivity index (χ0v) is 25.8. The summed E-state index contributed by atoms with van der Waals surface area (Å²) in [6, 6.07) is 9.92. The SMILES string of the molecule is C=C(F)C(=O)N1[C@H](C)CN(c2c(C#N)c(OCC3CCCN3C)nc3c2CCN(c2cccc4ccc(F)c(F)c24)C3)C[C@@H]1C. The molecular formula is C34H37F3N6O2. The van der Waals surface area contributed by atoms with E-state index < -0.39 is 23.4 Å². The highest BCUT2D eigenvalue weighted by Crippen LogP contribution is 2.40. The number of pyridine rings is 1. The third-order valence-electron chi connectivity index (χ3n) is 9.44. The van der Waals surface area contributed by atoms with E-state index in [2.05, 4.69) is 29.5 Å². The van der Waals surface area contributed by atoms with Crippen LogP contribution in [-0.2, 0) is 17.8 Å². The van der Waals surface area contributed by atoms with Gasteiger partial charge in [0.05, 0.1) is 17.9 Å². The second kappa shape index (κ2) is 12.2. The predicted octanol–water partition coefficient (Wildman–Crippen LogP) is 5.33. The number of aromatic nitrogens is 1. The first kappa shape index (κ1) is 30.7. The van der Waals surface area contributed by atoms with E-state index in [1.165, 1.54) is 4.90 Å². The Morgan fingerprint density at radius 2 is 1.89 bits per heavy atom. The fourth-order valence-electron chi connectivity index (χ4n) is 7.26. The van der Waals surface area contributed by atoms with Gasteiger partial charge in [-0.15, -0.1) is 0 Å². The Bertz CT molecular complexity index is 1700. The van der Waals surface area contributed by atoms with Crippen molar-refractivity contribution in [2.45, 2.75) is 57.8 Å². The third-order valence-corrected chi connectivity index (χ3v) is 9.44. The molecule has 3 aliphatic heterocycles. The van der Waals surface area contributed by atoms with Crippen molar-refractivity contribution in [1.82, 2.24) is 14.8 Å². The monoisotopic (exact) mass is 618 g/mol. The van der Waals surface area contributed by atoms with E-state index in [0.717, 1.165) is 31.0 Å². The van der Waals surface area contributed by atoms with Crippen molar-refractivity contribution in [3.63, 3.8) is 0 Å². The molecule has 3 atom stereocenters. The van der Waals surface area contributed by atoms with Crippen LogP contribution in [0.3, 0.4) is 0 Å². The van der Waals surface area contributed by atoms with Crippen LogP contribution in [0.5, 0.6) is 5.88 Å². The second-order valence-electron chi connectivity index (χ2n) is 12.4. The van der Waals surface area contributed by atoms with Crippen LogP contribution in [-0.4, -0.2) is 78.7 Å². The summed E-state index contributed by atoms with van der Waals surface area (Å²) in [4.78, 5) is 25.3. The van der Waals surface area contributed by atoms with Crippen molar-refractivity contribution in [2.75, 3.05) is 49.6 Å². The van der Waals surface area contributed by atoms with Crippen molar-refractivity contribution in [1.29, 1.82) is 5.26 Å². The van der Waals surface area contributed by atoms with Gasteiger partial charge in [-0.25, -0.2) is 18.2 Å². The number of likely N-dealkylation sites (tertiary alicyclic amines) is 1. The van der Waals surface area contributed by atoms with Gasteiger partial charge < -0.3 is 24.3 Å². The van der Waals surface area contributed by atoms with Gasteiger partial charge >= 0.3 is 0 Å². The van der Waals surface area contributed by atoms with E-state index in [-0.39, 0.29) is 29.4 Å². The van der Waals surface area contributed by atoms with Gasteiger partial charge in [0, 0.05) is 54.4 Å². The molecule has 2 fully saturated rings. The Labute approximate surface area is 261 Å². The normalized spacial score (nSPS) is 22.0. The molecule has 2 aromatic carbocycles. The Kier molecular flexibility index (Phi) is 8.35. The lowest BCUT2D eigenvalue weighted by atomic mass is 9.95. The number of halogens is 3. The van der Waals surface area contributed by atoms with Gasteiger partial charge in [0.25, 0.3) is 5.91 Å². The number of likely N-dealkylation sites (N-methyl/N-ethyl adjacent to an activating group) is 1. The Hall–Kier alpha value is -4.30. The van der Waals surface area contributed by atoms with Gasteiger partial charge in [0.2, 0.25) is 5.88 Å². The van der Waals surface area contributed by atoms with Crippen LogP contribution in [0, 0.1) is 23.0 Å². The molecule has 6 rings (SSSR count). The van der Waals surface area contributed by atoms with Crippen LogP contribution in [0.2, 0.25) is 0 Å². The molecule has 4 heterocycles. The summed E-state index contributed by atoms with van der Waals surface area (Å²) in [5.41, 5.74) is 3.18. The van der Waals surface area contributed by atoms with Crippen molar-refractivity contribution in [3.8, 4) is 11.9 Å². The van der Waals surface area contributed by atoms with Gasteiger partial charge in [-0.1, -0.05) is 24.8 Å². The summed E-state index contributed by atoms with van der Waals surface area (Å²) >= 11 is 0. The average molecular weight is 619 g/mol. The lowest BCUT2D eigenvalue weighted by molar-refractivity contribution is -0.133. The summed E-state index contributed by atoms with van der Waals surface area (Å²) in [7, 11) is 2.05. The van der Waals surface area contributed by atoms with Gasteiger partial charge in [0.1, 0.15) is 18.2 Å². The maximum Gasteiger partial charge on any atom is 0.282 e. The first-order chi connectivity index (χ1) is 21.6. The van der Waals surface area contributed by atoms with Gasteiger partial charge in [-0.3, -0.25) is 4.79 Å². The molecule has 236 valence electrons. The number of amides is 1. The van der Waals surface area contributed by atoms with E-state index in [1.807, 2.05) is 24.8 Å². The highest BCUT2D eigenvalue weighted by Gasteiger charge is 2.38. The first-order valence-corrected chi connectivity index (χ1v) is 15.4. The Morgan fingerprint density at radius 3 is 2.56 bits per heavy atom. The summed E-state index contributed by atoms with van der Waals surface area (Å²) in [5, 5.41) is 11.3. The van der Waals surface area contributed by atoms with Gasteiger partial charge in [-0.05, 0) is 64.2 Å². The molecule has 1 unspecified atom stereocenters. The molecule has 8 nitrogen and oxygen atoms in total. The summed E-state index contributed by atoms with van der Waals surface area (Å²) < 4.78 is 49.7. The number of rotatable bonds is 6. The zero-order chi connectivity index (χ0) is 32.0. The minimum absolute atomic E-state index is 0.200. The number of hydrogen-bond donors (Lipinski definition) is 0. The topological polar surface area (TPSA) is 75.9 Å². The minimum atomic E-state index is -1.00. The molecule has 3 aliphatic rings. The van der Waals surface area contributed by atoms with E-state index in [9.17, 15) is 18.8 Å². The van der Waals surface area contributed by atoms with Crippen LogP contribution < -0.4 is 14.5 Å². The molecule has 45 heavy (non-hydrogen) atoms. The van der Waals surface area contributed by atoms with Gasteiger partial charge in [-0.2, -0.15) is 5.26 Å². The number of nitrogens with zero attached hydrogens (tertiary/aromatic N) is 6. The number of benzene rings is 2. The molecule has 2 saturated heterocycles. The number of carbonyl (C=O) groups excluding carboxylic acids is 1. The molecule has 0 spiro atoms. The fourth-order valence-corrected chi connectivity index (χ4v) is 7.26. The first-order valence-electron chi connectivity index (χ1n) is 15.4.